The second kappa shape index (κ2) is 6.06. The minimum absolute atomic E-state index is 0.178. The van der Waals surface area contributed by atoms with Crippen LogP contribution in [0.5, 0.6) is 0 Å². The number of ether oxygens (including phenoxy) is 1. The van der Waals surface area contributed by atoms with Crippen LogP contribution >= 0.6 is 0 Å². The highest BCUT2D eigenvalue weighted by atomic mass is 16.5. The molecule has 2 heterocycles. The standard InChI is InChI=1S/C20H22N2O4/c1-13-9-15(14-5-2-3-6-16(14)22-13)17(23)21-11-20-8-4-7-19(10-20,12-26-20)18(24)25/h2-3,5-6,9H,4,7-8,10-12H2,1H3,(H,21,23)(H,24,25). The van der Waals surface area contributed by atoms with Crippen molar-refractivity contribution in [3.05, 3.63) is 41.6 Å². The molecule has 2 aliphatic rings. The lowest BCUT2D eigenvalue weighted by molar-refractivity contribution is -0.149. The first kappa shape index (κ1) is 17.0. The van der Waals surface area contributed by atoms with E-state index in [2.05, 4.69) is 10.3 Å². The minimum Gasteiger partial charge on any atom is -0.481 e. The van der Waals surface area contributed by atoms with E-state index in [0.717, 1.165) is 29.4 Å². The molecule has 1 aromatic heterocycles. The van der Waals surface area contributed by atoms with Crippen molar-refractivity contribution in [1.29, 1.82) is 0 Å². The van der Waals surface area contributed by atoms with E-state index in [9.17, 15) is 14.7 Å². The van der Waals surface area contributed by atoms with Gasteiger partial charge in [0.15, 0.2) is 0 Å². The number of pyridine rings is 1. The lowest BCUT2D eigenvalue weighted by Crippen LogP contribution is -2.46. The summed E-state index contributed by atoms with van der Waals surface area (Å²) in [7, 11) is 0. The van der Waals surface area contributed by atoms with Crippen LogP contribution in [0.3, 0.4) is 0 Å². The van der Waals surface area contributed by atoms with Gasteiger partial charge in [-0.1, -0.05) is 18.2 Å². The number of hydrogen-bond acceptors (Lipinski definition) is 4. The first-order valence-corrected chi connectivity index (χ1v) is 8.95. The molecule has 136 valence electrons. The van der Waals surface area contributed by atoms with E-state index in [1.807, 2.05) is 31.2 Å². The predicted octanol–water partition coefficient (Wildman–Crippen LogP) is 2.69. The number of rotatable bonds is 4. The topological polar surface area (TPSA) is 88.5 Å². The van der Waals surface area contributed by atoms with E-state index >= 15 is 0 Å². The monoisotopic (exact) mass is 354 g/mol. The molecule has 2 bridgehead atoms. The molecule has 2 N–H and O–H groups in total. The summed E-state index contributed by atoms with van der Waals surface area (Å²) in [5.74, 6) is -0.968. The van der Waals surface area contributed by atoms with Crippen molar-refractivity contribution < 1.29 is 19.4 Å². The summed E-state index contributed by atoms with van der Waals surface area (Å²) in [6, 6.07) is 9.34. The maximum Gasteiger partial charge on any atom is 0.312 e. The van der Waals surface area contributed by atoms with E-state index in [4.69, 9.17) is 4.74 Å². The summed E-state index contributed by atoms with van der Waals surface area (Å²) in [4.78, 5) is 28.9. The number of aliphatic carboxylic acids is 1. The molecule has 2 aromatic rings. The third kappa shape index (κ3) is 2.74. The van der Waals surface area contributed by atoms with Crippen molar-refractivity contribution in [2.75, 3.05) is 13.2 Å². The lowest BCUT2D eigenvalue weighted by atomic mass is 9.70. The average molecular weight is 354 g/mol. The first-order valence-electron chi connectivity index (χ1n) is 8.95. The van der Waals surface area contributed by atoms with Crippen LogP contribution in [0, 0.1) is 12.3 Å². The van der Waals surface area contributed by atoms with Gasteiger partial charge >= 0.3 is 5.97 Å². The number of benzene rings is 1. The molecule has 4 rings (SSSR count). The van der Waals surface area contributed by atoms with Crippen LogP contribution in [-0.4, -0.2) is 40.7 Å². The zero-order valence-electron chi connectivity index (χ0n) is 14.7. The van der Waals surface area contributed by atoms with Gasteiger partial charge in [0.25, 0.3) is 5.91 Å². The van der Waals surface area contributed by atoms with Crippen molar-refractivity contribution in [2.24, 2.45) is 5.41 Å². The normalized spacial score (nSPS) is 27.4. The Morgan fingerprint density at radius 2 is 2.12 bits per heavy atom. The van der Waals surface area contributed by atoms with E-state index in [1.165, 1.54) is 0 Å². The summed E-state index contributed by atoms with van der Waals surface area (Å²) < 4.78 is 5.92. The van der Waals surface area contributed by atoms with Crippen molar-refractivity contribution in [2.45, 2.75) is 38.2 Å². The number of aromatic nitrogens is 1. The summed E-state index contributed by atoms with van der Waals surface area (Å²) >= 11 is 0. The Morgan fingerprint density at radius 1 is 1.31 bits per heavy atom. The second-order valence-corrected chi connectivity index (χ2v) is 7.60. The molecule has 1 saturated carbocycles. The highest BCUT2D eigenvalue weighted by Crippen LogP contribution is 2.50. The Kier molecular flexibility index (Phi) is 3.95. The van der Waals surface area contributed by atoms with Crippen LogP contribution < -0.4 is 5.32 Å². The van der Waals surface area contributed by atoms with Crippen LogP contribution in [-0.2, 0) is 9.53 Å². The number of carbonyl (C=O) groups is 2. The number of aryl methyl sites for hydroxylation is 1. The van der Waals surface area contributed by atoms with Gasteiger partial charge in [0.05, 0.1) is 28.7 Å². The van der Waals surface area contributed by atoms with E-state index in [1.54, 1.807) is 6.07 Å². The Labute approximate surface area is 151 Å². The molecule has 1 aliphatic carbocycles. The molecule has 0 spiro atoms. The molecule has 2 fully saturated rings. The number of hydrogen-bond donors (Lipinski definition) is 2. The maximum atomic E-state index is 12.8. The van der Waals surface area contributed by atoms with Gasteiger partial charge in [-0.2, -0.15) is 0 Å². The van der Waals surface area contributed by atoms with Gasteiger partial charge in [-0.15, -0.1) is 0 Å². The van der Waals surface area contributed by atoms with Crippen molar-refractivity contribution in [3.63, 3.8) is 0 Å². The fraction of sp³-hybridized carbons (Fsp3) is 0.450. The average Bonchev–Trinajstić information content (AvgIpc) is 2.91. The molecule has 1 aliphatic heterocycles. The Hall–Kier alpha value is -2.47. The fourth-order valence-electron chi connectivity index (χ4n) is 4.36. The molecule has 2 atom stereocenters. The zero-order chi connectivity index (χ0) is 18.4. The number of fused-ring (bicyclic) bond motifs is 3. The first-order chi connectivity index (χ1) is 12.4. The molecular weight excluding hydrogens is 332 g/mol. The molecule has 2 unspecified atom stereocenters. The van der Waals surface area contributed by atoms with Gasteiger partial charge in [0.2, 0.25) is 0 Å². The molecule has 6 nitrogen and oxygen atoms in total. The summed E-state index contributed by atoms with van der Waals surface area (Å²) in [6.07, 6.45) is 2.69. The van der Waals surface area contributed by atoms with Gasteiger partial charge in [-0.05, 0) is 44.7 Å². The molecule has 1 aromatic carbocycles. The van der Waals surface area contributed by atoms with Crippen molar-refractivity contribution >= 4 is 22.8 Å². The van der Waals surface area contributed by atoms with E-state index < -0.39 is 17.0 Å². The van der Waals surface area contributed by atoms with Crippen molar-refractivity contribution in [1.82, 2.24) is 10.3 Å². The predicted molar refractivity (Wildman–Crippen MR) is 96.0 cm³/mol. The van der Waals surface area contributed by atoms with Crippen LogP contribution in [0.2, 0.25) is 0 Å². The van der Waals surface area contributed by atoms with Gasteiger partial charge in [0.1, 0.15) is 0 Å². The zero-order valence-corrected chi connectivity index (χ0v) is 14.7. The molecular formula is C20H22N2O4. The highest BCUT2D eigenvalue weighted by Gasteiger charge is 2.56. The number of amides is 1. The smallest absolute Gasteiger partial charge is 0.312 e. The van der Waals surface area contributed by atoms with Gasteiger partial charge in [-0.25, -0.2) is 0 Å². The van der Waals surface area contributed by atoms with Crippen molar-refractivity contribution in [3.8, 4) is 0 Å². The third-order valence-corrected chi connectivity index (χ3v) is 5.72. The summed E-state index contributed by atoms with van der Waals surface area (Å²) in [5.41, 5.74) is 0.803. The highest BCUT2D eigenvalue weighted by molar-refractivity contribution is 6.06. The lowest BCUT2D eigenvalue weighted by Gasteiger charge is -2.35. The molecule has 1 amide bonds. The van der Waals surface area contributed by atoms with Gasteiger partial charge in [-0.3, -0.25) is 14.6 Å². The summed E-state index contributed by atoms with van der Waals surface area (Å²) in [6.45, 7) is 2.43. The number of carboxylic acids is 1. The number of carboxylic acid groups (broad SMARTS) is 1. The Balaban J connectivity index is 1.54. The largest absolute Gasteiger partial charge is 0.481 e. The molecule has 0 radical (unpaired) electrons. The van der Waals surface area contributed by atoms with Gasteiger partial charge in [0, 0.05) is 17.6 Å². The van der Waals surface area contributed by atoms with E-state index in [-0.39, 0.29) is 12.5 Å². The summed E-state index contributed by atoms with van der Waals surface area (Å²) in [5, 5.41) is 13.3. The number of nitrogens with zero attached hydrogens (tertiary/aromatic N) is 1. The quantitative estimate of drug-likeness (QED) is 0.881. The Morgan fingerprint density at radius 3 is 2.92 bits per heavy atom. The SMILES string of the molecule is Cc1cc(C(=O)NCC23CCCC(C(=O)O)(CO2)C3)c2ccccc2n1. The molecule has 1 saturated heterocycles. The molecule has 26 heavy (non-hydrogen) atoms. The maximum absolute atomic E-state index is 12.8. The second-order valence-electron chi connectivity index (χ2n) is 7.60. The van der Waals surface area contributed by atoms with Crippen LogP contribution in [0.1, 0.15) is 41.7 Å². The minimum atomic E-state index is -0.791. The third-order valence-electron chi connectivity index (χ3n) is 5.72. The molecule has 6 heteroatoms. The van der Waals surface area contributed by atoms with Crippen LogP contribution in [0.15, 0.2) is 30.3 Å². The Bertz CT molecular complexity index is 897. The number of para-hydroxylation sites is 1. The number of nitrogens with one attached hydrogen (secondary N) is 1. The fourth-order valence-corrected chi connectivity index (χ4v) is 4.36. The number of carbonyl (C=O) groups excluding carboxylic acids is 1. The van der Waals surface area contributed by atoms with E-state index in [0.29, 0.717) is 24.9 Å². The van der Waals surface area contributed by atoms with Crippen LogP contribution in [0.4, 0.5) is 0 Å². The van der Waals surface area contributed by atoms with Crippen LogP contribution in [0.25, 0.3) is 10.9 Å². The van der Waals surface area contributed by atoms with Gasteiger partial charge < -0.3 is 15.2 Å².